The predicted octanol–water partition coefficient (Wildman–Crippen LogP) is 3.08. The molecule has 1 saturated heterocycles. The molecule has 144 valence electrons. The van der Waals surface area contributed by atoms with Gasteiger partial charge in [-0.25, -0.2) is 4.39 Å². The third-order valence-corrected chi connectivity index (χ3v) is 4.53. The number of nitrogens with zero attached hydrogens (tertiary/aromatic N) is 2. The molecule has 1 unspecified atom stereocenters. The van der Waals surface area contributed by atoms with E-state index in [-0.39, 0.29) is 36.5 Å². The van der Waals surface area contributed by atoms with E-state index >= 15 is 0 Å². The molecule has 1 aliphatic rings. The summed E-state index contributed by atoms with van der Waals surface area (Å²) < 4.78 is 13.1. The second kappa shape index (κ2) is 11.7. The van der Waals surface area contributed by atoms with Crippen LogP contribution in [0.25, 0.3) is 0 Å². The van der Waals surface area contributed by atoms with Gasteiger partial charge in [-0.3, -0.25) is 9.69 Å². The summed E-state index contributed by atoms with van der Waals surface area (Å²) in [5, 5.41) is 0. The SMILES string of the molecule is CC(C)C1CN(C(=O)CCN)CCCN1Cc1ccc(F)cc1.Cl.Cl. The average Bonchev–Trinajstić information content (AvgIpc) is 2.72. The van der Waals surface area contributed by atoms with Gasteiger partial charge in [-0.15, -0.1) is 24.8 Å². The number of nitrogens with two attached hydrogens (primary N) is 1. The smallest absolute Gasteiger partial charge is 0.223 e. The average molecular weight is 394 g/mol. The molecule has 4 nitrogen and oxygen atoms in total. The van der Waals surface area contributed by atoms with E-state index < -0.39 is 0 Å². The zero-order valence-corrected chi connectivity index (χ0v) is 16.6. The van der Waals surface area contributed by atoms with Gasteiger partial charge in [0.2, 0.25) is 5.91 Å². The standard InChI is InChI=1S/C18H28FN3O.2ClH/c1-14(2)17-13-22(18(23)8-9-20)11-3-10-21(17)12-15-4-6-16(19)7-5-15;;/h4-7,14,17H,3,8-13,20H2,1-2H3;2*1H. The van der Waals surface area contributed by atoms with E-state index in [1.165, 1.54) is 12.1 Å². The van der Waals surface area contributed by atoms with Crippen molar-refractivity contribution >= 4 is 30.7 Å². The Bertz CT molecular complexity index is 514. The van der Waals surface area contributed by atoms with E-state index in [1.54, 1.807) is 0 Å². The Kier molecular flexibility index (Phi) is 11.3. The van der Waals surface area contributed by atoms with Crippen LogP contribution in [0.4, 0.5) is 4.39 Å². The minimum atomic E-state index is -0.205. The van der Waals surface area contributed by atoms with Crippen LogP contribution in [0, 0.1) is 11.7 Å². The number of carbonyl (C=O) groups is 1. The normalized spacial score (nSPS) is 18.3. The fourth-order valence-corrected chi connectivity index (χ4v) is 3.22. The van der Waals surface area contributed by atoms with E-state index in [4.69, 9.17) is 5.73 Å². The molecule has 0 bridgehead atoms. The molecule has 1 aromatic carbocycles. The van der Waals surface area contributed by atoms with Crippen LogP contribution in [0.5, 0.6) is 0 Å². The van der Waals surface area contributed by atoms with E-state index in [2.05, 4.69) is 18.7 Å². The minimum Gasteiger partial charge on any atom is -0.341 e. The number of hydrogen-bond donors (Lipinski definition) is 1. The van der Waals surface area contributed by atoms with Gasteiger partial charge in [-0.2, -0.15) is 0 Å². The number of carbonyl (C=O) groups excluding carboxylic acids is 1. The maximum absolute atomic E-state index is 13.1. The number of rotatable bonds is 5. The van der Waals surface area contributed by atoms with Gasteiger partial charge < -0.3 is 10.6 Å². The molecule has 25 heavy (non-hydrogen) atoms. The molecule has 1 amide bonds. The van der Waals surface area contributed by atoms with Crippen LogP contribution in [0.15, 0.2) is 24.3 Å². The molecule has 1 heterocycles. The van der Waals surface area contributed by atoms with Crippen LogP contribution in [-0.2, 0) is 11.3 Å². The molecule has 0 aromatic heterocycles. The molecular formula is C18H30Cl2FN3O. The van der Waals surface area contributed by atoms with E-state index in [0.717, 1.165) is 38.2 Å². The van der Waals surface area contributed by atoms with E-state index in [0.29, 0.717) is 24.9 Å². The minimum absolute atomic E-state index is 0. The van der Waals surface area contributed by atoms with Crippen molar-refractivity contribution < 1.29 is 9.18 Å². The Balaban J connectivity index is 0.00000288. The highest BCUT2D eigenvalue weighted by molar-refractivity contribution is 5.85. The Morgan fingerprint density at radius 2 is 1.88 bits per heavy atom. The molecule has 1 aliphatic heterocycles. The summed E-state index contributed by atoms with van der Waals surface area (Å²) in [6, 6.07) is 7.01. The van der Waals surface area contributed by atoms with Crippen molar-refractivity contribution in [3.8, 4) is 0 Å². The molecule has 0 spiro atoms. The zero-order chi connectivity index (χ0) is 16.8. The van der Waals surface area contributed by atoms with E-state index in [1.807, 2.05) is 17.0 Å². The number of amides is 1. The lowest BCUT2D eigenvalue weighted by atomic mass is 10.0. The molecule has 2 rings (SSSR count). The highest BCUT2D eigenvalue weighted by atomic mass is 35.5. The Morgan fingerprint density at radius 3 is 2.44 bits per heavy atom. The molecule has 0 aliphatic carbocycles. The van der Waals surface area contributed by atoms with Gasteiger partial charge in [0.05, 0.1) is 0 Å². The van der Waals surface area contributed by atoms with Gasteiger partial charge in [0, 0.05) is 45.2 Å². The number of hydrogen-bond acceptors (Lipinski definition) is 3. The molecular weight excluding hydrogens is 364 g/mol. The number of benzene rings is 1. The highest BCUT2D eigenvalue weighted by Gasteiger charge is 2.29. The van der Waals surface area contributed by atoms with Crippen molar-refractivity contribution in [2.24, 2.45) is 11.7 Å². The van der Waals surface area contributed by atoms with Crippen LogP contribution < -0.4 is 5.73 Å². The quantitative estimate of drug-likeness (QED) is 0.835. The Labute approximate surface area is 162 Å². The zero-order valence-electron chi connectivity index (χ0n) is 15.0. The summed E-state index contributed by atoms with van der Waals surface area (Å²) in [5.41, 5.74) is 6.63. The van der Waals surface area contributed by atoms with Crippen LogP contribution in [0.2, 0.25) is 0 Å². The van der Waals surface area contributed by atoms with Crippen LogP contribution >= 0.6 is 24.8 Å². The second-order valence-corrected chi connectivity index (χ2v) is 6.64. The topological polar surface area (TPSA) is 49.6 Å². The van der Waals surface area contributed by atoms with Crippen molar-refractivity contribution in [3.63, 3.8) is 0 Å². The largest absolute Gasteiger partial charge is 0.341 e. The van der Waals surface area contributed by atoms with Gasteiger partial charge in [0.1, 0.15) is 5.82 Å². The molecule has 1 aromatic rings. The van der Waals surface area contributed by atoms with Crippen molar-refractivity contribution in [2.75, 3.05) is 26.2 Å². The van der Waals surface area contributed by atoms with Crippen molar-refractivity contribution in [2.45, 2.75) is 39.3 Å². The Hall–Kier alpha value is -0.880. The first-order chi connectivity index (χ1) is 11.0. The van der Waals surface area contributed by atoms with Gasteiger partial charge in [0.25, 0.3) is 0 Å². The van der Waals surface area contributed by atoms with Crippen LogP contribution in [0.1, 0.15) is 32.3 Å². The highest BCUT2D eigenvalue weighted by Crippen LogP contribution is 2.20. The molecule has 0 radical (unpaired) electrons. The third-order valence-electron chi connectivity index (χ3n) is 4.53. The van der Waals surface area contributed by atoms with Gasteiger partial charge in [-0.1, -0.05) is 26.0 Å². The molecule has 1 atom stereocenters. The fraction of sp³-hybridized carbons (Fsp3) is 0.611. The second-order valence-electron chi connectivity index (χ2n) is 6.64. The first kappa shape index (κ1) is 24.1. The lowest BCUT2D eigenvalue weighted by Gasteiger charge is -2.34. The summed E-state index contributed by atoms with van der Waals surface area (Å²) in [6.07, 6.45) is 1.38. The Morgan fingerprint density at radius 1 is 1.24 bits per heavy atom. The summed E-state index contributed by atoms with van der Waals surface area (Å²) in [7, 11) is 0. The predicted molar refractivity (Wildman–Crippen MR) is 105 cm³/mol. The summed E-state index contributed by atoms with van der Waals surface area (Å²) in [4.78, 5) is 16.6. The van der Waals surface area contributed by atoms with Crippen molar-refractivity contribution in [3.05, 3.63) is 35.6 Å². The molecule has 2 N–H and O–H groups in total. The van der Waals surface area contributed by atoms with Gasteiger partial charge >= 0.3 is 0 Å². The van der Waals surface area contributed by atoms with Crippen molar-refractivity contribution in [1.82, 2.24) is 9.80 Å². The lowest BCUT2D eigenvalue weighted by molar-refractivity contribution is -0.131. The third kappa shape index (κ3) is 7.10. The van der Waals surface area contributed by atoms with Gasteiger partial charge in [0.15, 0.2) is 0 Å². The lowest BCUT2D eigenvalue weighted by Crippen LogP contribution is -2.45. The first-order valence-corrected chi connectivity index (χ1v) is 8.47. The maximum Gasteiger partial charge on any atom is 0.223 e. The first-order valence-electron chi connectivity index (χ1n) is 8.47. The molecule has 1 fully saturated rings. The molecule has 7 heteroatoms. The van der Waals surface area contributed by atoms with Crippen LogP contribution in [-0.4, -0.2) is 47.9 Å². The van der Waals surface area contributed by atoms with E-state index in [9.17, 15) is 9.18 Å². The summed E-state index contributed by atoms with van der Waals surface area (Å²) in [6.45, 7) is 8.08. The van der Waals surface area contributed by atoms with Gasteiger partial charge in [-0.05, 0) is 30.0 Å². The maximum atomic E-state index is 13.1. The summed E-state index contributed by atoms with van der Waals surface area (Å²) in [5.74, 6) is 0.395. The molecule has 0 saturated carbocycles. The van der Waals surface area contributed by atoms with Crippen molar-refractivity contribution in [1.29, 1.82) is 0 Å². The fourth-order valence-electron chi connectivity index (χ4n) is 3.22. The summed E-state index contributed by atoms with van der Waals surface area (Å²) >= 11 is 0. The number of halogens is 3. The monoisotopic (exact) mass is 393 g/mol. The van der Waals surface area contributed by atoms with Crippen LogP contribution in [0.3, 0.4) is 0 Å².